The summed E-state index contributed by atoms with van der Waals surface area (Å²) in [4.78, 5) is 42.3. The molecule has 0 radical (unpaired) electrons. The molecule has 0 aliphatic carbocycles. The monoisotopic (exact) mass is 528 g/mol. The number of morpholine rings is 1. The third kappa shape index (κ3) is 6.29. The van der Waals surface area contributed by atoms with Gasteiger partial charge in [-0.2, -0.15) is 0 Å². The first kappa shape index (κ1) is 27.5. The van der Waals surface area contributed by atoms with Gasteiger partial charge in [0.15, 0.2) is 0 Å². The van der Waals surface area contributed by atoms with Crippen LogP contribution in [-0.4, -0.2) is 82.9 Å². The highest BCUT2D eigenvalue weighted by Crippen LogP contribution is 2.34. The van der Waals surface area contributed by atoms with Crippen LogP contribution in [0.3, 0.4) is 0 Å². The second kappa shape index (κ2) is 11.9. The number of nitrogens with one attached hydrogen (secondary N) is 3. The van der Waals surface area contributed by atoms with Crippen molar-refractivity contribution < 1.29 is 33.7 Å². The maximum atomic E-state index is 13.8. The van der Waals surface area contributed by atoms with Crippen LogP contribution in [0.1, 0.15) is 52.1 Å². The van der Waals surface area contributed by atoms with Crippen molar-refractivity contribution in [2.45, 2.75) is 45.3 Å². The van der Waals surface area contributed by atoms with Crippen molar-refractivity contribution in [2.75, 3.05) is 38.2 Å². The quantitative estimate of drug-likeness (QED) is 0.314. The second-order valence-corrected chi connectivity index (χ2v) is 9.65. The Hall–Kier alpha value is -3.54. The number of aromatic amines is 1. The first-order valence-corrected chi connectivity index (χ1v) is 12.7. The van der Waals surface area contributed by atoms with Crippen LogP contribution >= 0.6 is 0 Å². The summed E-state index contributed by atoms with van der Waals surface area (Å²) in [5.41, 5.74) is 3.48. The molecule has 2 aliphatic heterocycles. The summed E-state index contributed by atoms with van der Waals surface area (Å²) in [7, 11) is 0. The largest absolute Gasteiger partial charge is 0.393 e. The number of aliphatic hydroxyl groups is 2. The number of nitrogens with zero attached hydrogens (tertiary/aromatic N) is 1. The molecule has 1 aromatic carbocycles. The number of aryl methyl sites for hydroxylation is 1. The molecular formula is C27H33FN4O6. The van der Waals surface area contributed by atoms with Crippen LogP contribution in [0.5, 0.6) is 0 Å². The maximum Gasteiger partial charge on any atom is 0.256 e. The van der Waals surface area contributed by atoms with Crippen LogP contribution < -0.4 is 10.6 Å². The van der Waals surface area contributed by atoms with Gasteiger partial charge in [0.25, 0.3) is 11.8 Å². The predicted molar refractivity (Wildman–Crippen MR) is 139 cm³/mol. The molecular weight excluding hydrogens is 495 g/mol. The molecule has 1 fully saturated rings. The number of ether oxygens (including phenoxy) is 1. The number of halogens is 1. The standard InChI is InChI=1S/C27H33FN4O6/c1-15-23(14-21-20-11-17(28)3-4-22(20)31-26(21)36)30-16(2)25(15)27(37)29-6-5-18(33)12-19(34)13-24(35)32-7-9-38-10-8-32/h3-4,11,14,18-19,30,33-34H,5-10,12-13H2,1-2H3,(H,29,37)(H,31,36)/b21-14-. The Bertz CT molecular complexity index is 1250. The molecule has 38 heavy (non-hydrogen) atoms. The Balaban J connectivity index is 1.31. The molecule has 1 aromatic heterocycles. The minimum atomic E-state index is -0.979. The van der Waals surface area contributed by atoms with Gasteiger partial charge in [0, 0.05) is 42.3 Å². The van der Waals surface area contributed by atoms with Gasteiger partial charge >= 0.3 is 0 Å². The van der Waals surface area contributed by atoms with Crippen molar-refractivity contribution >= 4 is 35.1 Å². The fourth-order valence-corrected chi connectivity index (χ4v) is 4.81. The zero-order valence-corrected chi connectivity index (χ0v) is 21.5. The molecule has 3 amide bonds. The van der Waals surface area contributed by atoms with Crippen LogP contribution in [0.4, 0.5) is 10.1 Å². The molecule has 204 valence electrons. The molecule has 11 heteroatoms. The summed E-state index contributed by atoms with van der Waals surface area (Å²) in [6.07, 6.45) is -0.112. The summed E-state index contributed by atoms with van der Waals surface area (Å²) < 4.78 is 19.0. The maximum absolute atomic E-state index is 13.8. The lowest BCUT2D eigenvalue weighted by atomic mass is 10.0. The molecule has 10 nitrogen and oxygen atoms in total. The lowest BCUT2D eigenvalue weighted by Crippen LogP contribution is -2.42. The van der Waals surface area contributed by atoms with E-state index in [1.165, 1.54) is 18.2 Å². The van der Waals surface area contributed by atoms with E-state index in [1.807, 2.05) is 0 Å². The fourth-order valence-electron chi connectivity index (χ4n) is 4.81. The molecule has 0 bridgehead atoms. The summed E-state index contributed by atoms with van der Waals surface area (Å²) in [6.45, 7) is 5.61. The van der Waals surface area contributed by atoms with Crippen molar-refractivity contribution in [1.82, 2.24) is 15.2 Å². The summed E-state index contributed by atoms with van der Waals surface area (Å²) >= 11 is 0. The highest BCUT2D eigenvalue weighted by Gasteiger charge is 2.26. The van der Waals surface area contributed by atoms with Crippen LogP contribution in [-0.2, 0) is 14.3 Å². The average molecular weight is 529 g/mol. The van der Waals surface area contributed by atoms with Gasteiger partial charge in [-0.15, -0.1) is 0 Å². The molecule has 2 atom stereocenters. The molecule has 5 N–H and O–H groups in total. The highest BCUT2D eigenvalue weighted by molar-refractivity contribution is 6.34. The molecule has 2 aromatic rings. The minimum absolute atomic E-state index is 0.0238. The summed E-state index contributed by atoms with van der Waals surface area (Å²) in [5, 5.41) is 26.0. The number of benzene rings is 1. The van der Waals surface area contributed by atoms with E-state index in [9.17, 15) is 29.0 Å². The fraction of sp³-hybridized carbons (Fsp3) is 0.444. The van der Waals surface area contributed by atoms with Gasteiger partial charge < -0.3 is 35.5 Å². The predicted octanol–water partition coefficient (Wildman–Crippen LogP) is 1.74. The topological polar surface area (TPSA) is 144 Å². The van der Waals surface area contributed by atoms with E-state index in [1.54, 1.807) is 24.8 Å². The Morgan fingerprint density at radius 2 is 1.95 bits per heavy atom. The number of aromatic nitrogens is 1. The van der Waals surface area contributed by atoms with Gasteiger partial charge in [-0.05, 0) is 56.5 Å². The van der Waals surface area contributed by atoms with E-state index in [4.69, 9.17) is 4.74 Å². The summed E-state index contributed by atoms with van der Waals surface area (Å²) in [6, 6.07) is 4.07. The van der Waals surface area contributed by atoms with Crippen LogP contribution in [0, 0.1) is 19.7 Å². The first-order valence-electron chi connectivity index (χ1n) is 12.7. The van der Waals surface area contributed by atoms with E-state index < -0.39 is 18.0 Å². The zero-order chi connectivity index (χ0) is 27.4. The smallest absolute Gasteiger partial charge is 0.256 e. The van der Waals surface area contributed by atoms with Crippen LogP contribution in [0.15, 0.2) is 18.2 Å². The van der Waals surface area contributed by atoms with Gasteiger partial charge in [0.1, 0.15) is 5.82 Å². The molecule has 1 saturated heterocycles. The number of carbonyl (C=O) groups is 3. The first-order chi connectivity index (χ1) is 18.1. The van der Waals surface area contributed by atoms with E-state index in [-0.39, 0.29) is 43.5 Å². The number of H-pyrrole nitrogens is 1. The Morgan fingerprint density at radius 1 is 1.21 bits per heavy atom. The van der Waals surface area contributed by atoms with Gasteiger partial charge in [-0.1, -0.05) is 0 Å². The Labute approximate surface area is 219 Å². The second-order valence-electron chi connectivity index (χ2n) is 9.65. The number of hydrogen-bond acceptors (Lipinski definition) is 6. The Kier molecular flexibility index (Phi) is 8.60. The number of anilines is 1. The number of fused-ring (bicyclic) bond motifs is 1. The van der Waals surface area contributed by atoms with Crippen molar-refractivity contribution in [3.8, 4) is 0 Å². The summed E-state index contributed by atoms with van der Waals surface area (Å²) in [5.74, 6) is -1.33. The number of aliphatic hydroxyl groups excluding tert-OH is 2. The van der Waals surface area contributed by atoms with Crippen molar-refractivity contribution in [2.24, 2.45) is 0 Å². The molecule has 0 saturated carbocycles. The molecule has 2 unspecified atom stereocenters. The van der Waals surface area contributed by atoms with Crippen molar-refractivity contribution in [3.63, 3.8) is 0 Å². The van der Waals surface area contributed by atoms with E-state index in [2.05, 4.69) is 15.6 Å². The zero-order valence-electron chi connectivity index (χ0n) is 21.5. The van der Waals surface area contributed by atoms with E-state index in [0.29, 0.717) is 65.6 Å². The van der Waals surface area contributed by atoms with Gasteiger partial charge in [0.2, 0.25) is 5.91 Å². The normalized spacial score (nSPS) is 17.8. The third-order valence-corrected chi connectivity index (χ3v) is 6.84. The highest BCUT2D eigenvalue weighted by atomic mass is 19.1. The molecule has 4 rings (SSSR count). The van der Waals surface area contributed by atoms with Gasteiger partial charge in [-0.3, -0.25) is 14.4 Å². The average Bonchev–Trinajstić information content (AvgIpc) is 3.33. The lowest BCUT2D eigenvalue weighted by Gasteiger charge is -2.28. The molecule has 3 heterocycles. The molecule has 2 aliphatic rings. The van der Waals surface area contributed by atoms with Gasteiger partial charge in [-0.25, -0.2) is 4.39 Å². The van der Waals surface area contributed by atoms with Crippen molar-refractivity contribution in [1.29, 1.82) is 0 Å². The lowest BCUT2D eigenvalue weighted by molar-refractivity contribution is -0.137. The Morgan fingerprint density at radius 3 is 2.68 bits per heavy atom. The van der Waals surface area contributed by atoms with E-state index in [0.717, 1.165) is 0 Å². The number of rotatable bonds is 9. The van der Waals surface area contributed by atoms with Gasteiger partial charge in [0.05, 0.1) is 43.0 Å². The third-order valence-electron chi connectivity index (χ3n) is 6.84. The van der Waals surface area contributed by atoms with Crippen LogP contribution in [0.25, 0.3) is 11.6 Å². The number of amides is 3. The van der Waals surface area contributed by atoms with E-state index >= 15 is 0 Å². The van der Waals surface area contributed by atoms with Crippen molar-refractivity contribution in [3.05, 3.63) is 52.1 Å². The molecule has 0 spiro atoms. The number of hydrogen-bond donors (Lipinski definition) is 5. The number of carbonyl (C=O) groups excluding carboxylic acids is 3. The minimum Gasteiger partial charge on any atom is -0.393 e. The SMILES string of the molecule is Cc1[nH]c(/C=C2\C(=O)Nc3ccc(F)cc32)c(C)c1C(=O)NCCC(O)CC(O)CC(=O)N1CCOCC1. The van der Waals surface area contributed by atoms with Crippen LogP contribution in [0.2, 0.25) is 0 Å².